The minimum absolute atomic E-state index is 0.0684. The number of hydrogen-bond acceptors (Lipinski definition) is 4. The van der Waals surface area contributed by atoms with E-state index in [0.717, 1.165) is 44.4 Å². The highest BCUT2D eigenvalue weighted by molar-refractivity contribution is 5.93. The minimum Gasteiger partial charge on any atom is -0.336 e. The summed E-state index contributed by atoms with van der Waals surface area (Å²) in [6.07, 6.45) is 7.05. The molecule has 1 aromatic carbocycles. The number of hydrogen-bond donors (Lipinski definition) is 0. The molecular weight excluding hydrogens is 374 g/mol. The number of nitrogens with zero attached hydrogens (tertiary/aromatic N) is 5. The van der Waals surface area contributed by atoms with Gasteiger partial charge in [-0.1, -0.05) is 25.1 Å². The maximum absolute atomic E-state index is 13.3. The van der Waals surface area contributed by atoms with Crippen molar-refractivity contribution in [2.75, 3.05) is 13.1 Å². The molecule has 6 nitrogen and oxygen atoms in total. The van der Waals surface area contributed by atoms with Gasteiger partial charge in [0.1, 0.15) is 6.04 Å². The number of carbonyl (C=O) groups excluding carboxylic acids is 1. The van der Waals surface area contributed by atoms with Gasteiger partial charge in [-0.2, -0.15) is 5.10 Å². The molecule has 0 radical (unpaired) electrons. The number of carbonyl (C=O) groups is 1. The molecule has 6 heteroatoms. The molecule has 152 valence electrons. The van der Waals surface area contributed by atoms with Crippen molar-refractivity contribution in [3.8, 4) is 0 Å². The summed E-state index contributed by atoms with van der Waals surface area (Å²) in [7, 11) is 0. The highest BCUT2D eigenvalue weighted by Gasteiger charge is 2.32. The first-order chi connectivity index (χ1) is 14.7. The van der Waals surface area contributed by atoms with Crippen LogP contribution in [0.2, 0.25) is 0 Å². The van der Waals surface area contributed by atoms with Gasteiger partial charge in [0.15, 0.2) is 5.69 Å². The lowest BCUT2D eigenvalue weighted by molar-refractivity contribution is 0.0652. The van der Waals surface area contributed by atoms with Gasteiger partial charge in [0, 0.05) is 54.6 Å². The molecule has 0 spiro atoms. The monoisotopic (exact) mass is 399 g/mol. The van der Waals surface area contributed by atoms with E-state index in [9.17, 15) is 4.79 Å². The van der Waals surface area contributed by atoms with Crippen LogP contribution in [-0.4, -0.2) is 44.9 Å². The third kappa shape index (κ3) is 2.93. The molecule has 1 unspecified atom stereocenters. The van der Waals surface area contributed by atoms with Gasteiger partial charge in [0.05, 0.1) is 5.52 Å². The van der Waals surface area contributed by atoms with Crippen LogP contribution in [0.1, 0.15) is 59.0 Å². The Morgan fingerprint density at radius 2 is 2.03 bits per heavy atom. The highest BCUT2D eigenvalue weighted by atomic mass is 16.2. The summed E-state index contributed by atoms with van der Waals surface area (Å²) in [5, 5.41) is 5.77. The summed E-state index contributed by atoms with van der Waals surface area (Å²) < 4.78 is 2.00. The normalized spacial score (nSPS) is 25.0. The molecule has 1 fully saturated rings. The fourth-order valence-electron chi connectivity index (χ4n) is 5.28. The largest absolute Gasteiger partial charge is 0.336 e. The molecule has 30 heavy (non-hydrogen) atoms. The number of pyridine rings is 1. The van der Waals surface area contributed by atoms with Crippen molar-refractivity contribution >= 4 is 23.0 Å². The number of aromatic nitrogens is 3. The van der Waals surface area contributed by atoms with Crippen LogP contribution in [-0.2, 0) is 13.0 Å². The maximum Gasteiger partial charge on any atom is 0.274 e. The zero-order chi connectivity index (χ0) is 20.2. The second kappa shape index (κ2) is 6.76. The lowest BCUT2D eigenvalue weighted by Gasteiger charge is -2.37. The number of likely N-dealkylation sites (tertiary alicyclic amines) is 1. The van der Waals surface area contributed by atoms with Gasteiger partial charge in [-0.05, 0) is 42.9 Å². The lowest BCUT2D eigenvalue weighted by Crippen LogP contribution is -2.42. The number of aliphatic imine (C=N–C) groups is 1. The number of amides is 1. The molecule has 3 aliphatic rings. The average molecular weight is 399 g/mol. The smallest absolute Gasteiger partial charge is 0.274 e. The number of piperidine rings is 1. The SMILES string of the molecule is C[C@@H]1C[C@H](c2ccc(C3C=N3)c3ncccc23)CN(C(=O)c2cc3n(n2)CCC3)C1. The summed E-state index contributed by atoms with van der Waals surface area (Å²) in [4.78, 5) is 24.3. The van der Waals surface area contributed by atoms with Crippen molar-refractivity contribution in [2.24, 2.45) is 10.9 Å². The van der Waals surface area contributed by atoms with Crippen molar-refractivity contribution < 1.29 is 4.79 Å². The van der Waals surface area contributed by atoms with Crippen LogP contribution >= 0.6 is 0 Å². The minimum atomic E-state index is 0.0684. The van der Waals surface area contributed by atoms with Crippen molar-refractivity contribution in [3.05, 3.63) is 59.0 Å². The first kappa shape index (κ1) is 17.8. The van der Waals surface area contributed by atoms with E-state index in [0.29, 0.717) is 17.5 Å². The molecule has 6 rings (SSSR count). The van der Waals surface area contributed by atoms with Crippen LogP contribution in [0.3, 0.4) is 0 Å². The zero-order valence-electron chi connectivity index (χ0n) is 17.2. The van der Waals surface area contributed by atoms with Gasteiger partial charge >= 0.3 is 0 Å². The van der Waals surface area contributed by atoms with Gasteiger partial charge in [-0.15, -0.1) is 0 Å². The van der Waals surface area contributed by atoms with E-state index < -0.39 is 0 Å². The molecule has 3 aromatic rings. The molecule has 0 saturated carbocycles. The number of rotatable bonds is 3. The summed E-state index contributed by atoms with van der Waals surface area (Å²) in [5.41, 5.74) is 5.30. The van der Waals surface area contributed by atoms with E-state index in [2.05, 4.69) is 40.2 Å². The van der Waals surface area contributed by atoms with E-state index in [1.165, 1.54) is 22.2 Å². The summed E-state index contributed by atoms with van der Waals surface area (Å²) in [5.74, 6) is 0.812. The highest BCUT2D eigenvalue weighted by Crippen LogP contribution is 2.38. The second-order valence-corrected chi connectivity index (χ2v) is 8.98. The lowest BCUT2D eigenvalue weighted by atomic mass is 9.83. The van der Waals surface area contributed by atoms with Crippen LogP contribution in [0.5, 0.6) is 0 Å². The van der Waals surface area contributed by atoms with Crippen LogP contribution in [0.15, 0.2) is 41.5 Å². The fraction of sp³-hybridized carbons (Fsp3) is 0.417. The number of aryl methyl sites for hydroxylation is 2. The molecule has 3 atom stereocenters. The molecule has 0 bridgehead atoms. The van der Waals surface area contributed by atoms with Crippen molar-refractivity contribution in [1.82, 2.24) is 19.7 Å². The maximum atomic E-state index is 13.3. The molecule has 0 N–H and O–H groups in total. The van der Waals surface area contributed by atoms with E-state index in [-0.39, 0.29) is 11.9 Å². The summed E-state index contributed by atoms with van der Waals surface area (Å²) >= 11 is 0. The Balaban J connectivity index is 1.32. The van der Waals surface area contributed by atoms with Crippen molar-refractivity contribution in [2.45, 2.75) is 44.7 Å². The number of benzene rings is 1. The van der Waals surface area contributed by atoms with Crippen molar-refractivity contribution in [3.63, 3.8) is 0 Å². The van der Waals surface area contributed by atoms with E-state index in [4.69, 9.17) is 0 Å². The van der Waals surface area contributed by atoms with Crippen LogP contribution < -0.4 is 0 Å². The molecule has 5 heterocycles. The first-order valence-corrected chi connectivity index (χ1v) is 10.9. The topological polar surface area (TPSA) is 63.4 Å². The molecule has 1 amide bonds. The Labute approximate surface area is 175 Å². The molecule has 2 aromatic heterocycles. The molecular formula is C24H25N5O. The molecule has 0 aliphatic carbocycles. The van der Waals surface area contributed by atoms with Gasteiger partial charge in [-0.3, -0.25) is 19.5 Å². The predicted octanol–water partition coefficient (Wildman–Crippen LogP) is 3.77. The summed E-state index contributed by atoms with van der Waals surface area (Å²) in [6, 6.07) is 10.8. The standard InChI is InChI=1S/C24H25N5O/c1-15-10-16(14-28(13-15)24(30)21-11-17-4-3-9-29(17)27-21)18-6-7-20(22-12-26-22)23-19(18)5-2-8-25-23/h2,5-8,11-12,15-16,22H,3-4,9-10,13-14H2,1H3/t15-,16+,22?/m1/s1. The zero-order valence-corrected chi connectivity index (χ0v) is 17.2. The predicted molar refractivity (Wildman–Crippen MR) is 116 cm³/mol. The van der Waals surface area contributed by atoms with Gasteiger partial charge in [-0.25, -0.2) is 0 Å². The van der Waals surface area contributed by atoms with E-state index in [1.807, 2.05) is 34.1 Å². The Kier molecular flexibility index (Phi) is 4.01. The van der Waals surface area contributed by atoms with Gasteiger partial charge < -0.3 is 4.90 Å². The quantitative estimate of drug-likeness (QED) is 0.673. The van der Waals surface area contributed by atoms with Crippen LogP contribution in [0, 0.1) is 5.92 Å². The fourth-order valence-corrected chi connectivity index (χ4v) is 5.28. The molecule has 3 aliphatic heterocycles. The van der Waals surface area contributed by atoms with Gasteiger partial charge in [0.2, 0.25) is 0 Å². The Bertz CT molecular complexity index is 1150. The third-order valence-electron chi connectivity index (χ3n) is 6.72. The van der Waals surface area contributed by atoms with Crippen molar-refractivity contribution in [1.29, 1.82) is 0 Å². The Morgan fingerprint density at radius 3 is 2.87 bits per heavy atom. The molecule has 1 saturated heterocycles. The second-order valence-electron chi connectivity index (χ2n) is 8.98. The Hall–Kier alpha value is -3.02. The third-order valence-corrected chi connectivity index (χ3v) is 6.72. The van der Waals surface area contributed by atoms with E-state index in [1.54, 1.807) is 0 Å². The Morgan fingerprint density at radius 1 is 1.17 bits per heavy atom. The van der Waals surface area contributed by atoms with Crippen LogP contribution in [0.25, 0.3) is 10.9 Å². The average Bonchev–Trinajstić information content (AvgIpc) is 3.37. The van der Waals surface area contributed by atoms with E-state index >= 15 is 0 Å². The first-order valence-electron chi connectivity index (χ1n) is 10.9. The summed E-state index contributed by atoms with van der Waals surface area (Å²) in [6.45, 7) is 4.69. The van der Waals surface area contributed by atoms with Crippen LogP contribution in [0.4, 0.5) is 0 Å². The van der Waals surface area contributed by atoms with Gasteiger partial charge in [0.25, 0.3) is 5.91 Å². The number of fused-ring (bicyclic) bond motifs is 2.